The predicted molar refractivity (Wildman–Crippen MR) is 56.8 cm³/mol. The van der Waals surface area contributed by atoms with Crippen LogP contribution in [0.2, 0.25) is 0 Å². The Morgan fingerprint density at radius 1 is 1.53 bits per heavy atom. The Bertz CT molecular complexity index is 341. The molecule has 1 atom stereocenters. The topological polar surface area (TPSA) is 83.7 Å². The number of hydrogen-bond donors (Lipinski definition) is 1. The highest BCUT2D eigenvalue weighted by atomic mass is 32.2. The van der Waals surface area contributed by atoms with E-state index in [0.717, 1.165) is 6.42 Å². The van der Waals surface area contributed by atoms with E-state index in [2.05, 4.69) is 0 Å². The van der Waals surface area contributed by atoms with Crippen LogP contribution in [0, 0.1) is 0 Å². The number of amides is 2. The maximum atomic E-state index is 11.7. The molecule has 1 unspecified atom stereocenters. The van der Waals surface area contributed by atoms with Gasteiger partial charge < -0.3 is 9.80 Å². The largest absolute Gasteiger partial charge is 0.328 e. The number of sulfonamides is 1. The van der Waals surface area contributed by atoms with Gasteiger partial charge >= 0.3 is 6.03 Å². The molecule has 0 bridgehead atoms. The Labute approximate surface area is 90.1 Å². The molecule has 0 aliphatic carbocycles. The molecule has 0 spiro atoms. The summed E-state index contributed by atoms with van der Waals surface area (Å²) in [6, 6.07) is -0.0483. The zero-order valence-corrected chi connectivity index (χ0v) is 9.83. The number of carbonyl (C=O) groups excluding carboxylic acids is 1. The van der Waals surface area contributed by atoms with Crippen LogP contribution < -0.4 is 5.14 Å². The van der Waals surface area contributed by atoms with E-state index in [0.29, 0.717) is 6.54 Å². The Morgan fingerprint density at radius 3 is 2.67 bits per heavy atom. The number of nitrogens with two attached hydrogens (primary N) is 1. The van der Waals surface area contributed by atoms with Crippen molar-refractivity contribution in [2.75, 3.05) is 25.9 Å². The molecule has 1 saturated heterocycles. The van der Waals surface area contributed by atoms with Gasteiger partial charge in [0.2, 0.25) is 10.0 Å². The summed E-state index contributed by atoms with van der Waals surface area (Å²) in [6.45, 7) is 2.79. The van der Waals surface area contributed by atoms with Gasteiger partial charge in [0.05, 0.1) is 5.75 Å². The number of primary sulfonamides is 1. The van der Waals surface area contributed by atoms with Crippen molar-refractivity contribution in [3.05, 3.63) is 0 Å². The summed E-state index contributed by atoms with van der Waals surface area (Å²) in [4.78, 5) is 14.8. The first kappa shape index (κ1) is 12.3. The number of hydrogen-bond acceptors (Lipinski definition) is 3. The summed E-state index contributed by atoms with van der Waals surface area (Å²) in [7, 11) is -1.79. The lowest BCUT2D eigenvalue weighted by Gasteiger charge is -2.38. The first-order valence-electron chi connectivity index (χ1n) is 4.83. The van der Waals surface area contributed by atoms with Crippen LogP contribution in [0.3, 0.4) is 0 Å². The van der Waals surface area contributed by atoms with Crippen molar-refractivity contribution < 1.29 is 13.2 Å². The van der Waals surface area contributed by atoms with Crippen LogP contribution in [0.4, 0.5) is 4.79 Å². The zero-order chi connectivity index (χ0) is 11.6. The average molecular weight is 235 g/mol. The van der Waals surface area contributed by atoms with Gasteiger partial charge in [-0.25, -0.2) is 18.4 Å². The van der Waals surface area contributed by atoms with Gasteiger partial charge in [0.15, 0.2) is 0 Å². The molecule has 1 aliphatic rings. The number of urea groups is 1. The summed E-state index contributed by atoms with van der Waals surface area (Å²) in [5, 5.41) is 4.90. The molecule has 0 aromatic rings. The summed E-state index contributed by atoms with van der Waals surface area (Å²) in [5.74, 6) is -0.184. The van der Waals surface area contributed by atoms with E-state index in [-0.39, 0.29) is 24.4 Å². The van der Waals surface area contributed by atoms with Crippen LogP contribution in [0.5, 0.6) is 0 Å². The lowest BCUT2D eigenvalue weighted by molar-refractivity contribution is 0.118. The molecule has 15 heavy (non-hydrogen) atoms. The van der Waals surface area contributed by atoms with E-state index < -0.39 is 10.0 Å². The van der Waals surface area contributed by atoms with Gasteiger partial charge in [-0.05, 0) is 13.3 Å². The maximum Gasteiger partial charge on any atom is 0.320 e. The fraction of sp³-hybridized carbons (Fsp3) is 0.875. The van der Waals surface area contributed by atoms with Gasteiger partial charge in [-0.15, -0.1) is 0 Å². The molecule has 6 nitrogen and oxygen atoms in total. The Hall–Kier alpha value is -0.820. The number of nitrogens with zero attached hydrogens (tertiary/aromatic N) is 2. The minimum absolute atomic E-state index is 0.0791. The van der Waals surface area contributed by atoms with Crippen LogP contribution in [-0.4, -0.2) is 56.2 Å². The lowest BCUT2D eigenvalue weighted by Crippen LogP contribution is -2.53. The second kappa shape index (κ2) is 4.36. The minimum Gasteiger partial charge on any atom is -0.328 e. The molecule has 2 amide bonds. The second-order valence-electron chi connectivity index (χ2n) is 3.90. The van der Waals surface area contributed by atoms with Crippen LogP contribution in [-0.2, 0) is 10.0 Å². The van der Waals surface area contributed by atoms with Crippen molar-refractivity contribution in [3.63, 3.8) is 0 Å². The fourth-order valence-corrected chi connectivity index (χ4v) is 2.03. The van der Waals surface area contributed by atoms with Crippen LogP contribution in [0.15, 0.2) is 0 Å². The Morgan fingerprint density at radius 2 is 2.13 bits per heavy atom. The van der Waals surface area contributed by atoms with Gasteiger partial charge in [0.25, 0.3) is 0 Å². The van der Waals surface area contributed by atoms with Crippen molar-refractivity contribution in [3.8, 4) is 0 Å². The maximum absolute atomic E-state index is 11.7. The van der Waals surface area contributed by atoms with Crippen LogP contribution in [0.1, 0.15) is 13.3 Å². The van der Waals surface area contributed by atoms with Crippen molar-refractivity contribution in [2.24, 2.45) is 5.14 Å². The van der Waals surface area contributed by atoms with Crippen molar-refractivity contribution in [1.29, 1.82) is 0 Å². The van der Waals surface area contributed by atoms with Crippen molar-refractivity contribution in [2.45, 2.75) is 19.4 Å². The average Bonchev–Trinajstić information content (AvgIpc) is 2.10. The molecule has 0 aromatic carbocycles. The molecule has 0 radical (unpaired) electrons. The van der Waals surface area contributed by atoms with Crippen molar-refractivity contribution in [1.82, 2.24) is 9.80 Å². The summed E-state index contributed by atoms with van der Waals surface area (Å²) in [5.41, 5.74) is 0. The minimum atomic E-state index is -3.50. The monoisotopic (exact) mass is 235 g/mol. The SMILES string of the molecule is CC1CCN(C)C(=O)N1CCS(N)(=O)=O. The van der Waals surface area contributed by atoms with Gasteiger partial charge in [-0.1, -0.05) is 0 Å². The van der Waals surface area contributed by atoms with E-state index in [9.17, 15) is 13.2 Å². The third-order valence-electron chi connectivity index (χ3n) is 2.60. The highest BCUT2D eigenvalue weighted by Gasteiger charge is 2.28. The van der Waals surface area contributed by atoms with E-state index >= 15 is 0 Å². The first-order chi connectivity index (χ1) is 6.81. The van der Waals surface area contributed by atoms with E-state index in [4.69, 9.17) is 5.14 Å². The van der Waals surface area contributed by atoms with E-state index in [1.54, 1.807) is 16.8 Å². The molecule has 1 rings (SSSR count). The number of carbonyl (C=O) groups is 1. The molecule has 88 valence electrons. The van der Waals surface area contributed by atoms with Gasteiger partial charge in [-0.2, -0.15) is 0 Å². The van der Waals surface area contributed by atoms with Crippen LogP contribution >= 0.6 is 0 Å². The molecular weight excluding hydrogens is 218 g/mol. The Kier molecular flexibility index (Phi) is 3.56. The van der Waals surface area contributed by atoms with Gasteiger partial charge in [0, 0.05) is 26.2 Å². The smallest absolute Gasteiger partial charge is 0.320 e. The highest BCUT2D eigenvalue weighted by Crippen LogP contribution is 2.13. The molecule has 1 aliphatic heterocycles. The second-order valence-corrected chi connectivity index (χ2v) is 5.64. The third-order valence-corrected chi connectivity index (χ3v) is 3.35. The molecule has 1 heterocycles. The first-order valence-corrected chi connectivity index (χ1v) is 6.55. The van der Waals surface area contributed by atoms with E-state index in [1.807, 2.05) is 6.92 Å². The third kappa shape index (κ3) is 3.35. The summed E-state index contributed by atoms with van der Waals surface area (Å²) >= 11 is 0. The van der Waals surface area contributed by atoms with Crippen molar-refractivity contribution >= 4 is 16.1 Å². The molecule has 2 N–H and O–H groups in total. The molecule has 1 fully saturated rings. The van der Waals surface area contributed by atoms with Gasteiger partial charge in [-0.3, -0.25) is 0 Å². The fourth-order valence-electron chi connectivity index (χ4n) is 1.58. The molecule has 0 saturated carbocycles. The molecular formula is C8H17N3O3S. The molecule has 0 aromatic heterocycles. The summed E-state index contributed by atoms with van der Waals surface area (Å²) < 4.78 is 21.6. The van der Waals surface area contributed by atoms with Gasteiger partial charge in [0.1, 0.15) is 0 Å². The standard InChI is InChI=1S/C8H17N3O3S/c1-7-3-4-10(2)8(12)11(7)5-6-15(9,13)14/h7H,3-6H2,1-2H3,(H2,9,13,14). The zero-order valence-electron chi connectivity index (χ0n) is 9.01. The quantitative estimate of drug-likeness (QED) is 0.710. The molecule has 7 heteroatoms. The normalized spacial score (nSPS) is 23.4. The highest BCUT2D eigenvalue weighted by molar-refractivity contribution is 7.89. The number of rotatable bonds is 3. The van der Waals surface area contributed by atoms with Crippen LogP contribution in [0.25, 0.3) is 0 Å². The lowest BCUT2D eigenvalue weighted by atomic mass is 10.1. The predicted octanol–water partition coefficient (Wildman–Crippen LogP) is -0.579. The van der Waals surface area contributed by atoms with E-state index in [1.165, 1.54) is 0 Å². The Balaban J connectivity index is 2.62. The summed E-state index contributed by atoms with van der Waals surface area (Å²) in [6.07, 6.45) is 0.854.